The van der Waals surface area contributed by atoms with E-state index in [1.807, 2.05) is 36.4 Å². The van der Waals surface area contributed by atoms with E-state index in [0.29, 0.717) is 0 Å². The van der Waals surface area contributed by atoms with Crippen molar-refractivity contribution in [3.8, 4) is 11.1 Å². The Hall–Kier alpha value is -3.39. The van der Waals surface area contributed by atoms with Crippen molar-refractivity contribution in [3.63, 3.8) is 0 Å². The molecule has 164 valence electrons. The number of rotatable bonds is 9. The van der Waals surface area contributed by atoms with Crippen molar-refractivity contribution in [1.82, 2.24) is 10.6 Å². The first-order chi connectivity index (χ1) is 14.9. The van der Waals surface area contributed by atoms with Gasteiger partial charge in [-0.15, -0.1) is 0 Å². The Bertz CT molecular complexity index is 915. The van der Waals surface area contributed by atoms with Crippen LogP contribution in [0.4, 0.5) is 4.79 Å². The first-order valence-electron chi connectivity index (χ1n) is 10.1. The molecule has 3 N–H and O–H groups in total. The Balaban J connectivity index is 1.50. The molecule has 1 unspecified atom stereocenters. The van der Waals surface area contributed by atoms with Crippen molar-refractivity contribution in [3.05, 3.63) is 59.7 Å². The van der Waals surface area contributed by atoms with Gasteiger partial charge in [-0.25, -0.2) is 9.59 Å². The molecule has 0 spiro atoms. The minimum atomic E-state index is -1.10. The molecule has 1 aliphatic carbocycles. The molecule has 0 aromatic heterocycles. The average molecular weight is 426 g/mol. The van der Waals surface area contributed by atoms with Gasteiger partial charge in [-0.2, -0.15) is 0 Å². The molecule has 1 aliphatic rings. The molecule has 0 saturated carbocycles. The number of carboxylic acid groups (broad SMARTS) is 1. The highest BCUT2D eigenvalue weighted by molar-refractivity contribution is 5.85. The minimum Gasteiger partial charge on any atom is -0.479 e. The molecule has 8 nitrogen and oxygen atoms in total. The fourth-order valence-corrected chi connectivity index (χ4v) is 3.70. The molecule has 2 amide bonds. The number of amides is 2. The molecule has 0 heterocycles. The lowest BCUT2D eigenvalue weighted by molar-refractivity contribution is -0.149. The van der Waals surface area contributed by atoms with E-state index in [1.165, 1.54) is 14.0 Å². The molecular weight excluding hydrogens is 400 g/mol. The number of ether oxygens (including phenoxy) is 2. The lowest BCUT2D eigenvalue weighted by Gasteiger charge is -2.17. The summed E-state index contributed by atoms with van der Waals surface area (Å²) in [6, 6.07) is 15.2. The second-order valence-corrected chi connectivity index (χ2v) is 7.33. The van der Waals surface area contributed by atoms with E-state index in [0.717, 1.165) is 22.3 Å². The van der Waals surface area contributed by atoms with Crippen LogP contribution in [0.2, 0.25) is 0 Å². The average Bonchev–Trinajstić information content (AvgIpc) is 3.08. The maximum absolute atomic E-state index is 12.2. The fraction of sp³-hybridized carbons (Fsp3) is 0.348. The van der Waals surface area contributed by atoms with Gasteiger partial charge in [0.2, 0.25) is 5.91 Å². The van der Waals surface area contributed by atoms with Crippen LogP contribution in [0.1, 0.15) is 30.4 Å². The number of carbonyl (C=O) groups excluding carboxylic acids is 2. The molecular formula is C23H26N2O6. The largest absolute Gasteiger partial charge is 0.479 e. The summed E-state index contributed by atoms with van der Waals surface area (Å²) >= 11 is 0. The molecule has 0 saturated heterocycles. The Morgan fingerprint density at radius 1 is 1.03 bits per heavy atom. The number of hydrogen-bond donors (Lipinski definition) is 3. The van der Waals surface area contributed by atoms with Gasteiger partial charge in [-0.1, -0.05) is 48.5 Å². The Kier molecular flexibility index (Phi) is 7.25. The summed E-state index contributed by atoms with van der Waals surface area (Å²) in [4.78, 5) is 35.3. The van der Waals surface area contributed by atoms with Gasteiger partial charge in [0.15, 0.2) is 6.10 Å². The number of alkyl carbamates (subject to hydrolysis) is 1. The monoisotopic (exact) mass is 426 g/mol. The lowest BCUT2D eigenvalue weighted by atomic mass is 9.98. The van der Waals surface area contributed by atoms with Crippen LogP contribution < -0.4 is 10.6 Å². The van der Waals surface area contributed by atoms with Crippen LogP contribution in [0.5, 0.6) is 0 Å². The second-order valence-electron chi connectivity index (χ2n) is 7.33. The smallest absolute Gasteiger partial charge is 0.407 e. The molecule has 2 aromatic rings. The highest BCUT2D eigenvalue weighted by atomic mass is 16.5. The molecule has 0 bridgehead atoms. The fourth-order valence-electron chi connectivity index (χ4n) is 3.70. The van der Waals surface area contributed by atoms with E-state index in [9.17, 15) is 14.4 Å². The van der Waals surface area contributed by atoms with E-state index in [2.05, 4.69) is 22.8 Å². The SMILES string of the molecule is COC(CCNC(=O)[C@@H](C)NC(=O)OCC1c2ccccc2-c2ccccc21)C(=O)O. The number of carbonyl (C=O) groups is 3. The predicted molar refractivity (Wildman–Crippen MR) is 114 cm³/mol. The van der Waals surface area contributed by atoms with Crippen molar-refractivity contribution >= 4 is 18.0 Å². The number of benzene rings is 2. The van der Waals surface area contributed by atoms with E-state index < -0.39 is 30.1 Å². The summed E-state index contributed by atoms with van der Waals surface area (Å²) in [6.45, 7) is 1.80. The first kappa shape index (κ1) is 22.3. The van der Waals surface area contributed by atoms with Crippen LogP contribution in [-0.2, 0) is 19.1 Å². The summed E-state index contributed by atoms with van der Waals surface area (Å²) < 4.78 is 10.2. The van der Waals surface area contributed by atoms with Gasteiger partial charge < -0.3 is 25.2 Å². The third kappa shape index (κ3) is 5.21. The van der Waals surface area contributed by atoms with Crippen LogP contribution >= 0.6 is 0 Å². The summed E-state index contributed by atoms with van der Waals surface area (Å²) in [6.07, 6.45) is -1.56. The normalized spacial score (nSPS) is 14.1. The van der Waals surface area contributed by atoms with Crippen LogP contribution in [0.25, 0.3) is 11.1 Å². The number of methoxy groups -OCH3 is 1. The molecule has 3 rings (SSSR count). The van der Waals surface area contributed by atoms with E-state index in [-0.39, 0.29) is 25.5 Å². The lowest BCUT2D eigenvalue weighted by Crippen LogP contribution is -2.46. The summed E-state index contributed by atoms with van der Waals surface area (Å²) in [5.41, 5.74) is 4.48. The van der Waals surface area contributed by atoms with Crippen LogP contribution in [0.3, 0.4) is 0 Å². The van der Waals surface area contributed by atoms with E-state index in [1.54, 1.807) is 0 Å². The van der Waals surface area contributed by atoms with E-state index >= 15 is 0 Å². The summed E-state index contributed by atoms with van der Waals surface area (Å²) in [7, 11) is 1.29. The van der Waals surface area contributed by atoms with Gasteiger partial charge in [0.25, 0.3) is 0 Å². The Labute approximate surface area is 180 Å². The van der Waals surface area contributed by atoms with Gasteiger partial charge in [-0.3, -0.25) is 4.79 Å². The van der Waals surface area contributed by atoms with Crippen molar-refractivity contribution < 1.29 is 29.0 Å². The molecule has 2 aromatic carbocycles. The number of aliphatic carboxylic acids is 1. The molecule has 0 radical (unpaired) electrons. The molecule has 0 fully saturated rings. The number of carboxylic acids is 1. The summed E-state index contributed by atoms with van der Waals surface area (Å²) in [5, 5.41) is 14.0. The highest BCUT2D eigenvalue weighted by Crippen LogP contribution is 2.44. The maximum Gasteiger partial charge on any atom is 0.407 e. The third-order valence-electron chi connectivity index (χ3n) is 5.34. The van der Waals surface area contributed by atoms with Crippen LogP contribution in [0.15, 0.2) is 48.5 Å². The number of fused-ring (bicyclic) bond motifs is 3. The topological polar surface area (TPSA) is 114 Å². The van der Waals surface area contributed by atoms with Crippen LogP contribution in [-0.4, -0.2) is 55.5 Å². The van der Waals surface area contributed by atoms with Gasteiger partial charge in [0, 0.05) is 26.0 Å². The van der Waals surface area contributed by atoms with Gasteiger partial charge in [0.05, 0.1) is 0 Å². The molecule has 8 heteroatoms. The maximum atomic E-state index is 12.2. The van der Waals surface area contributed by atoms with Crippen molar-refractivity contribution in [1.29, 1.82) is 0 Å². The zero-order chi connectivity index (χ0) is 22.4. The standard InChI is InChI=1S/C23H26N2O6/c1-14(21(26)24-12-11-20(30-2)22(27)28)25-23(29)31-13-19-17-9-5-3-7-15(17)16-8-4-6-10-18(16)19/h3-10,14,19-20H,11-13H2,1-2H3,(H,24,26)(H,25,29)(H,27,28)/t14-,20?/m1/s1. The highest BCUT2D eigenvalue weighted by Gasteiger charge is 2.29. The Morgan fingerprint density at radius 3 is 2.16 bits per heavy atom. The van der Waals surface area contributed by atoms with Gasteiger partial charge >= 0.3 is 12.1 Å². The number of nitrogens with one attached hydrogen (secondary N) is 2. The first-order valence-corrected chi connectivity index (χ1v) is 10.1. The zero-order valence-corrected chi connectivity index (χ0v) is 17.5. The molecule has 0 aliphatic heterocycles. The van der Waals surface area contributed by atoms with Gasteiger partial charge in [0.1, 0.15) is 12.6 Å². The van der Waals surface area contributed by atoms with Crippen molar-refractivity contribution in [2.75, 3.05) is 20.3 Å². The van der Waals surface area contributed by atoms with Gasteiger partial charge in [-0.05, 0) is 29.2 Å². The number of hydrogen-bond acceptors (Lipinski definition) is 5. The quantitative estimate of drug-likeness (QED) is 0.568. The van der Waals surface area contributed by atoms with Crippen molar-refractivity contribution in [2.45, 2.75) is 31.4 Å². The molecule has 2 atom stereocenters. The predicted octanol–water partition coefficient (Wildman–Crippen LogP) is 2.52. The van der Waals surface area contributed by atoms with Crippen molar-refractivity contribution in [2.24, 2.45) is 0 Å². The van der Waals surface area contributed by atoms with Crippen LogP contribution in [0, 0.1) is 0 Å². The summed E-state index contributed by atoms with van der Waals surface area (Å²) in [5.74, 6) is -1.60. The Morgan fingerprint density at radius 2 is 1.61 bits per heavy atom. The zero-order valence-electron chi connectivity index (χ0n) is 17.5. The third-order valence-corrected chi connectivity index (χ3v) is 5.34. The molecule has 31 heavy (non-hydrogen) atoms. The van der Waals surface area contributed by atoms with E-state index in [4.69, 9.17) is 14.6 Å². The minimum absolute atomic E-state index is 0.0655. The second kappa shape index (κ2) is 10.1.